The summed E-state index contributed by atoms with van der Waals surface area (Å²) in [6.07, 6.45) is 0. The van der Waals surface area contributed by atoms with E-state index in [1.807, 2.05) is 0 Å². The summed E-state index contributed by atoms with van der Waals surface area (Å²) in [6, 6.07) is 94.7. The van der Waals surface area contributed by atoms with Crippen LogP contribution in [0, 0.1) is 0 Å². The standard InChI is InChI=1S/C74H60N2/c1-73(2,3)53-33-25-49(26-34-53)51-29-37-57(38-30-51)75(55-17-9-7-10-18-55)59-41-43-65-67(45-59)61-21-13-15-23-63(61)69-48-72-66-44-42-60(46-68(66)62-22-14-16-24-64(62)70(72)47-71(65)69)76(56-19-11-8-12-20-56)58-39-31-52(32-40-58)50-27-35-54(36-28-50)74(4,5)6/h7-48H,1-6H3. The first-order valence-electron chi connectivity index (χ1n) is 26.7. The highest BCUT2D eigenvalue weighted by atomic mass is 15.1. The van der Waals surface area contributed by atoms with E-state index in [1.54, 1.807) is 0 Å². The van der Waals surface area contributed by atoms with Crippen molar-refractivity contribution in [1.29, 1.82) is 0 Å². The van der Waals surface area contributed by atoms with Crippen LogP contribution in [0.15, 0.2) is 255 Å². The summed E-state index contributed by atoms with van der Waals surface area (Å²) in [7, 11) is 0. The van der Waals surface area contributed by atoms with E-state index < -0.39 is 0 Å². The second-order valence-corrected chi connectivity index (χ2v) is 22.6. The molecule has 0 aromatic heterocycles. The lowest BCUT2D eigenvalue weighted by Gasteiger charge is -2.27. The van der Waals surface area contributed by atoms with Crippen LogP contribution in [0.3, 0.4) is 0 Å². The molecule has 13 aromatic carbocycles. The number of anilines is 6. The van der Waals surface area contributed by atoms with Crippen LogP contribution in [0.2, 0.25) is 0 Å². The number of fused-ring (bicyclic) bond motifs is 12. The van der Waals surface area contributed by atoms with Gasteiger partial charge in [0.1, 0.15) is 0 Å². The smallest absolute Gasteiger partial charge is 0.0468 e. The number of hydrogen-bond donors (Lipinski definition) is 0. The minimum Gasteiger partial charge on any atom is -0.310 e. The number of rotatable bonds is 8. The van der Waals surface area contributed by atoms with Gasteiger partial charge in [0.05, 0.1) is 0 Å². The predicted octanol–water partition coefficient (Wildman–Crippen LogP) is 21.5. The van der Waals surface area contributed by atoms with Crippen molar-refractivity contribution in [2.75, 3.05) is 9.80 Å². The summed E-state index contributed by atoms with van der Waals surface area (Å²) < 4.78 is 0. The Morgan fingerprint density at radius 1 is 0.197 bits per heavy atom. The average molecular weight is 977 g/mol. The van der Waals surface area contributed by atoms with Crippen molar-refractivity contribution in [2.24, 2.45) is 0 Å². The molecule has 0 aliphatic carbocycles. The van der Waals surface area contributed by atoms with Crippen molar-refractivity contribution < 1.29 is 0 Å². The first kappa shape index (κ1) is 46.8. The molecule has 13 aromatic rings. The number of benzene rings is 13. The van der Waals surface area contributed by atoms with E-state index in [2.05, 4.69) is 306 Å². The molecular weight excluding hydrogens is 917 g/mol. The van der Waals surface area contributed by atoms with Crippen molar-refractivity contribution >= 4 is 98.8 Å². The summed E-state index contributed by atoms with van der Waals surface area (Å²) >= 11 is 0. The van der Waals surface area contributed by atoms with Gasteiger partial charge in [-0.05, 0) is 194 Å². The molecule has 0 N–H and O–H groups in total. The molecule has 0 saturated heterocycles. The van der Waals surface area contributed by atoms with Crippen molar-refractivity contribution in [3.63, 3.8) is 0 Å². The van der Waals surface area contributed by atoms with Gasteiger partial charge in [-0.2, -0.15) is 0 Å². The van der Waals surface area contributed by atoms with Gasteiger partial charge < -0.3 is 9.80 Å². The zero-order chi connectivity index (χ0) is 51.7. The van der Waals surface area contributed by atoms with Crippen LogP contribution in [-0.2, 0) is 10.8 Å². The monoisotopic (exact) mass is 976 g/mol. The number of hydrogen-bond acceptors (Lipinski definition) is 2. The first-order chi connectivity index (χ1) is 36.9. The molecule has 0 amide bonds. The van der Waals surface area contributed by atoms with E-state index in [0.29, 0.717) is 0 Å². The molecule has 0 aliphatic heterocycles. The zero-order valence-corrected chi connectivity index (χ0v) is 44.1. The van der Waals surface area contributed by atoms with E-state index in [4.69, 9.17) is 0 Å². The highest BCUT2D eigenvalue weighted by molar-refractivity contribution is 6.33. The van der Waals surface area contributed by atoms with E-state index in [1.165, 1.54) is 98.0 Å². The summed E-state index contributed by atoms with van der Waals surface area (Å²) in [4.78, 5) is 4.78. The zero-order valence-electron chi connectivity index (χ0n) is 44.1. The molecule has 2 nitrogen and oxygen atoms in total. The Kier molecular flexibility index (Phi) is 11.4. The van der Waals surface area contributed by atoms with Gasteiger partial charge in [0.15, 0.2) is 0 Å². The second-order valence-electron chi connectivity index (χ2n) is 22.6. The summed E-state index contributed by atoms with van der Waals surface area (Å²) in [5.74, 6) is 0. The fourth-order valence-electron chi connectivity index (χ4n) is 11.6. The summed E-state index contributed by atoms with van der Waals surface area (Å²) in [5, 5.41) is 15.0. The maximum atomic E-state index is 2.48. The maximum Gasteiger partial charge on any atom is 0.0468 e. The average Bonchev–Trinajstić information content (AvgIpc) is 3.59. The Labute approximate surface area is 446 Å². The SMILES string of the molecule is CC(C)(C)c1ccc(-c2ccc(N(c3ccccc3)c3ccc4c(c3)c3ccccc3c3cc5c6ccc(N(c7ccccc7)c7ccc(-c8ccc(C(C)(C)C)cc8)cc7)cc6c6ccccc6c5cc43)cc2)cc1. The summed E-state index contributed by atoms with van der Waals surface area (Å²) in [5.41, 5.74) is 14.4. The summed E-state index contributed by atoms with van der Waals surface area (Å²) in [6.45, 7) is 13.6. The molecule has 0 heterocycles. The largest absolute Gasteiger partial charge is 0.310 e. The van der Waals surface area contributed by atoms with Crippen LogP contribution >= 0.6 is 0 Å². The first-order valence-corrected chi connectivity index (χ1v) is 26.7. The topological polar surface area (TPSA) is 6.48 Å². The predicted molar refractivity (Wildman–Crippen MR) is 329 cm³/mol. The Hall–Kier alpha value is -8.98. The lowest BCUT2D eigenvalue weighted by molar-refractivity contribution is 0.590. The van der Waals surface area contributed by atoms with Gasteiger partial charge in [0.2, 0.25) is 0 Å². The van der Waals surface area contributed by atoms with Gasteiger partial charge >= 0.3 is 0 Å². The second kappa shape index (κ2) is 18.4. The highest BCUT2D eigenvalue weighted by Crippen LogP contribution is 2.46. The van der Waals surface area contributed by atoms with Crippen LogP contribution in [0.25, 0.3) is 86.9 Å². The third-order valence-electron chi connectivity index (χ3n) is 15.7. The molecule has 13 rings (SSSR count). The van der Waals surface area contributed by atoms with Crippen LogP contribution in [0.4, 0.5) is 34.1 Å². The van der Waals surface area contributed by atoms with E-state index in [0.717, 1.165) is 34.1 Å². The Morgan fingerprint density at radius 3 is 0.737 bits per heavy atom. The normalized spacial score (nSPS) is 12.1. The van der Waals surface area contributed by atoms with Crippen molar-refractivity contribution in [3.05, 3.63) is 266 Å². The minimum absolute atomic E-state index is 0.113. The third-order valence-corrected chi connectivity index (χ3v) is 15.7. The van der Waals surface area contributed by atoms with Gasteiger partial charge in [-0.25, -0.2) is 0 Å². The van der Waals surface area contributed by atoms with Gasteiger partial charge in [-0.3, -0.25) is 0 Å². The fourth-order valence-corrected chi connectivity index (χ4v) is 11.6. The molecule has 0 radical (unpaired) electrons. The molecule has 2 heteroatoms. The Morgan fingerprint density at radius 2 is 0.434 bits per heavy atom. The lowest BCUT2D eigenvalue weighted by atomic mass is 9.86. The third kappa shape index (κ3) is 8.32. The molecular formula is C74H60N2. The molecule has 0 spiro atoms. The highest BCUT2D eigenvalue weighted by Gasteiger charge is 2.21. The van der Waals surface area contributed by atoms with E-state index in [-0.39, 0.29) is 10.8 Å². The van der Waals surface area contributed by atoms with Crippen LogP contribution in [0.5, 0.6) is 0 Å². The Bertz CT molecular complexity index is 4010. The van der Waals surface area contributed by atoms with Gasteiger partial charge in [0, 0.05) is 34.1 Å². The Balaban J connectivity index is 0.938. The quantitative estimate of drug-likeness (QED) is 0.111. The van der Waals surface area contributed by atoms with Crippen molar-refractivity contribution in [2.45, 2.75) is 52.4 Å². The number of nitrogens with zero attached hydrogens (tertiary/aromatic N) is 2. The minimum atomic E-state index is 0.113. The molecule has 0 fully saturated rings. The molecule has 366 valence electrons. The fraction of sp³-hybridized carbons (Fsp3) is 0.108. The maximum absolute atomic E-state index is 2.48. The van der Waals surface area contributed by atoms with Crippen LogP contribution in [0.1, 0.15) is 52.7 Å². The van der Waals surface area contributed by atoms with Gasteiger partial charge in [0.25, 0.3) is 0 Å². The molecule has 0 atom stereocenters. The van der Waals surface area contributed by atoms with Crippen LogP contribution < -0.4 is 9.80 Å². The van der Waals surface area contributed by atoms with Crippen molar-refractivity contribution in [3.8, 4) is 22.3 Å². The van der Waals surface area contributed by atoms with E-state index in [9.17, 15) is 0 Å². The molecule has 0 saturated carbocycles. The molecule has 0 aliphatic rings. The van der Waals surface area contributed by atoms with Gasteiger partial charge in [-0.15, -0.1) is 0 Å². The van der Waals surface area contributed by atoms with Gasteiger partial charge in [-0.1, -0.05) is 211 Å². The lowest BCUT2D eigenvalue weighted by Crippen LogP contribution is -2.10. The number of para-hydroxylation sites is 2. The van der Waals surface area contributed by atoms with Crippen molar-refractivity contribution in [1.82, 2.24) is 0 Å². The van der Waals surface area contributed by atoms with Crippen LogP contribution in [-0.4, -0.2) is 0 Å². The molecule has 0 unspecified atom stereocenters. The molecule has 0 bridgehead atoms. The van der Waals surface area contributed by atoms with E-state index >= 15 is 0 Å². The molecule has 76 heavy (non-hydrogen) atoms.